The summed E-state index contributed by atoms with van der Waals surface area (Å²) in [4.78, 5) is 8.10. The van der Waals surface area contributed by atoms with Gasteiger partial charge < -0.3 is 4.98 Å². The van der Waals surface area contributed by atoms with Crippen molar-refractivity contribution in [3.8, 4) is 11.3 Å². The van der Waals surface area contributed by atoms with Crippen molar-refractivity contribution >= 4 is 33.1 Å². The number of para-hydroxylation sites is 2. The van der Waals surface area contributed by atoms with E-state index in [2.05, 4.69) is 46.3 Å². The molecule has 0 atom stereocenters. The molecule has 120 valence electrons. The molecule has 4 aromatic rings. The first-order valence-corrected chi connectivity index (χ1v) is 8.85. The molecule has 0 aliphatic carbocycles. The zero-order chi connectivity index (χ0) is 16.4. The zero-order valence-corrected chi connectivity index (χ0v) is 14.2. The number of hydrogen-bond donors (Lipinski definition) is 3. The summed E-state index contributed by atoms with van der Waals surface area (Å²) in [7, 11) is 0. The smallest absolute Gasteiger partial charge is 0.202 e. The highest BCUT2D eigenvalue weighted by atomic mass is 32.1. The van der Waals surface area contributed by atoms with Crippen LogP contribution in [0, 0.1) is 0 Å². The number of aryl methyl sites for hydroxylation is 1. The van der Waals surface area contributed by atoms with E-state index in [1.807, 2.05) is 36.5 Å². The van der Waals surface area contributed by atoms with Crippen LogP contribution in [0.3, 0.4) is 0 Å². The van der Waals surface area contributed by atoms with Crippen LogP contribution in [0.2, 0.25) is 0 Å². The monoisotopic (exact) mass is 334 g/mol. The van der Waals surface area contributed by atoms with Gasteiger partial charge in [0, 0.05) is 28.0 Å². The number of hydrazine groups is 1. The Morgan fingerprint density at radius 2 is 1.92 bits per heavy atom. The summed E-state index contributed by atoms with van der Waals surface area (Å²) in [6.07, 6.45) is 3.06. The van der Waals surface area contributed by atoms with Crippen molar-refractivity contribution in [3.05, 3.63) is 65.7 Å². The van der Waals surface area contributed by atoms with E-state index >= 15 is 0 Å². The molecule has 0 unspecified atom stereocenters. The highest BCUT2D eigenvalue weighted by Gasteiger charge is 2.11. The summed E-state index contributed by atoms with van der Waals surface area (Å²) in [5, 5.41) is 4.15. The molecule has 24 heavy (non-hydrogen) atoms. The largest absolute Gasteiger partial charge is 0.360 e. The maximum absolute atomic E-state index is 4.70. The minimum absolute atomic E-state index is 0.842. The number of aromatic amines is 1. The average Bonchev–Trinajstić information content (AvgIpc) is 3.27. The van der Waals surface area contributed by atoms with Gasteiger partial charge in [-0.25, -0.2) is 4.98 Å². The lowest BCUT2D eigenvalue weighted by Crippen LogP contribution is -2.07. The Hall–Kier alpha value is -2.79. The Kier molecular flexibility index (Phi) is 3.92. The maximum atomic E-state index is 4.70. The van der Waals surface area contributed by atoms with Gasteiger partial charge in [0.2, 0.25) is 5.13 Å². The fourth-order valence-electron chi connectivity index (χ4n) is 2.83. The van der Waals surface area contributed by atoms with Gasteiger partial charge >= 0.3 is 0 Å². The number of thiazole rings is 1. The Morgan fingerprint density at radius 1 is 1.04 bits per heavy atom. The standard InChI is InChI=1S/C19H18N4S/c1-2-13-7-6-10-15-16(11-20-18(13)15)17-12-24-19(21-17)23-22-14-8-4-3-5-9-14/h3-12,20,22H,2H2,1H3,(H,21,23). The summed E-state index contributed by atoms with van der Waals surface area (Å²) in [6.45, 7) is 2.18. The van der Waals surface area contributed by atoms with Crippen molar-refractivity contribution in [1.82, 2.24) is 9.97 Å². The SMILES string of the molecule is CCc1cccc2c(-c3csc(NNc4ccccc4)n3)c[nH]c12. The number of benzene rings is 2. The number of hydrogen-bond acceptors (Lipinski definition) is 4. The van der Waals surface area contributed by atoms with Crippen molar-refractivity contribution < 1.29 is 0 Å². The van der Waals surface area contributed by atoms with E-state index in [9.17, 15) is 0 Å². The van der Waals surface area contributed by atoms with Gasteiger partial charge in [-0.15, -0.1) is 11.3 Å². The van der Waals surface area contributed by atoms with Crippen molar-refractivity contribution in [2.24, 2.45) is 0 Å². The first-order chi connectivity index (χ1) is 11.8. The second-order valence-corrected chi connectivity index (χ2v) is 6.41. The van der Waals surface area contributed by atoms with Gasteiger partial charge in [0.25, 0.3) is 0 Å². The lowest BCUT2D eigenvalue weighted by molar-refractivity contribution is 1.15. The lowest BCUT2D eigenvalue weighted by Gasteiger charge is -2.05. The molecule has 0 saturated carbocycles. The number of nitrogens with one attached hydrogen (secondary N) is 3. The molecular formula is C19H18N4S. The fourth-order valence-corrected chi connectivity index (χ4v) is 3.49. The Morgan fingerprint density at radius 3 is 2.75 bits per heavy atom. The highest BCUT2D eigenvalue weighted by molar-refractivity contribution is 7.14. The van der Waals surface area contributed by atoms with Crippen LogP contribution in [0.1, 0.15) is 12.5 Å². The quantitative estimate of drug-likeness (QED) is 0.434. The van der Waals surface area contributed by atoms with E-state index < -0.39 is 0 Å². The van der Waals surface area contributed by atoms with Crippen molar-refractivity contribution in [2.75, 3.05) is 10.9 Å². The van der Waals surface area contributed by atoms with Crippen LogP contribution >= 0.6 is 11.3 Å². The van der Waals surface area contributed by atoms with E-state index in [4.69, 9.17) is 4.98 Å². The van der Waals surface area contributed by atoms with Gasteiger partial charge in [0.05, 0.1) is 11.4 Å². The van der Waals surface area contributed by atoms with E-state index in [1.165, 1.54) is 16.5 Å². The number of fused-ring (bicyclic) bond motifs is 1. The fraction of sp³-hybridized carbons (Fsp3) is 0.105. The van der Waals surface area contributed by atoms with Crippen LogP contribution < -0.4 is 10.9 Å². The van der Waals surface area contributed by atoms with Crippen LogP contribution in [-0.2, 0) is 6.42 Å². The predicted octanol–water partition coefficient (Wildman–Crippen LogP) is 5.29. The molecule has 0 amide bonds. The van der Waals surface area contributed by atoms with E-state index in [0.29, 0.717) is 0 Å². The Balaban J connectivity index is 1.59. The molecule has 2 aromatic carbocycles. The number of anilines is 2. The molecule has 0 saturated heterocycles. The number of H-pyrrole nitrogens is 1. The van der Waals surface area contributed by atoms with E-state index in [0.717, 1.165) is 28.5 Å². The van der Waals surface area contributed by atoms with Gasteiger partial charge in [-0.2, -0.15) is 0 Å². The third-order valence-electron chi connectivity index (χ3n) is 4.05. The molecule has 2 aromatic heterocycles. The molecule has 0 spiro atoms. The number of aromatic nitrogens is 2. The van der Waals surface area contributed by atoms with Crippen LogP contribution in [-0.4, -0.2) is 9.97 Å². The first kappa shape index (κ1) is 14.8. The number of rotatable bonds is 5. The molecule has 4 rings (SSSR count). The van der Waals surface area contributed by atoms with Gasteiger partial charge in [0.1, 0.15) is 0 Å². The first-order valence-electron chi connectivity index (χ1n) is 7.97. The van der Waals surface area contributed by atoms with Gasteiger partial charge in [-0.1, -0.05) is 43.3 Å². The molecule has 0 aliphatic heterocycles. The van der Waals surface area contributed by atoms with Crippen LogP contribution in [0.15, 0.2) is 60.1 Å². The predicted molar refractivity (Wildman–Crippen MR) is 102 cm³/mol. The minimum atomic E-state index is 0.842. The summed E-state index contributed by atoms with van der Waals surface area (Å²) < 4.78 is 0. The molecule has 0 bridgehead atoms. The van der Waals surface area contributed by atoms with E-state index in [-0.39, 0.29) is 0 Å². The van der Waals surface area contributed by atoms with Gasteiger partial charge in [-0.3, -0.25) is 10.9 Å². The van der Waals surface area contributed by atoms with E-state index in [1.54, 1.807) is 11.3 Å². The highest BCUT2D eigenvalue weighted by Crippen LogP contribution is 2.32. The maximum Gasteiger partial charge on any atom is 0.202 e. The summed E-state index contributed by atoms with van der Waals surface area (Å²) in [5.74, 6) is 0. The molecule has 3 N–H and O–H groups in total. The summed E-state index contributed by atoms with van der Waals surface area (Å²) in [5.41, 5.74) is 12.0. The third-order valence-corrected chi connectivity index (χ3v) is 4.81. The second-order valence-electron chi connectivity index (χ2n) is 5.55. The normalized spacial score (nSPS) is 10.9. The van der Waals surface area contributed by atoms with Gasteiger partial charge in [0.15, 0.2) is 0 Å². The molecule has 0 aliphatic rings. The Labute approximate surface area is 144 Å². The molecule has 2 heterocycles. The topological polar surface area (TPSA) is 52.7 Å². The minimum Gasteiger partial charge on any atom is -0.360 e. The van der Waals surface area contributed by atoms with Crippen molar-refractivity contribution in [1.29, 1.82) is 0 Å². The van der Waals surface area contributed by atoms with Crippen LogP contribution in [0.4, 0.5) is 10.8 Å². The van der Waals surface area contributed by atoms with Gasteiger partial charge in [-0.05, 0) is 24.1 Å². The molecular weight excluding hydrogens is 316 g/mol. The lowest BCUT2D eigenvalue weighted by atomic mass is 10.1. The van der Waals surface area contributed by atoms with Crippen LogP contribution in [0.25, 0.3) is 22.2 Å². The number of nitrogens with zero attached hydrogens (tertiary/aromatic N) is 1. The zero-order valence-electron chi connectivity index (χ0n) is 13.3. The molecule has 5 heteroatoms. The summed E-state index contributed by atoms with van der Waals surface area (Å²) >= 11 is 1.59. The average molecular weight is 334 g/mol. The molecule has 0 fully saturated rings. The molecule has 4 nitrogen and oxygen atoms in total. The Bertz CT molecular complexity index is 956. The third kappa shape index (κ3) is 2.74. The second kappa shape index (κ2) is 6.37. The molecule has 0 radical (unpaired) electrons. The summed E-state index contributed by atoms with van der Waals surface area (Å²) in [6, 6.07) is 16.4. The van der Waals surface area contributed by atoms with Crippen molar-refractivity contribution in [2.45, 2.75) is 13.3 Å². The van der Waals surface area contributed by atoms with Crippen molar-refractivity contribution in [3.63, 3.8) is 0 Å². The van der Waals surface area contributed by atoms with Crippen LogP contribution in [0.5, 0.6) is 0 Å².